The standard InChI is InChI=1S/C16H17ClN2O/c1-12-7-8-14(17)11-15(12)19-16(20)18-10-9-13-5-3-2-4-6-13/h2-8,11H,9-10H2,1H3,(H2,18,19,20). The Labute approximate surface area is 124 Å². The van der Waals surface area contributed by atoms with Crippen LogP contribution in [-0.4, -0.2) is 12.6 Å². The Morgan fingerprint density at radius 2 is 1.90 bits per heavy atom. The fraction of sp³-hybridized carbons (Fsp3) is 0.188. The van der Waals surface area contributed by atoms with E-state index in [0.717, 1.165) is 17.7 Å². The highest BCUT2D eigenvalue weighted by atomic mass is 35.5. The van der Waals surface area contributed by atoms with E-state index in [0.29, 0.717) is 11.6 Å². The molecule has 0 saturated carbocycles. The number of hydrogen-bond acceptors (Lipinski definition) is 1. The highest BCUT2D eigenvalue weighted by Gasteiger charge is 2.04. The van der Waals surface area contributed by atoms with Crippen LogP contribution in [-0.2, 0) is 6.42 Å². The summed E-state index contributed by atoms with van der Waals surface area (Å²) in [5.41, 5.74) is 2.91. The molecule has 0 aliphatic carbocycles. The van der Waals surface area contributed by atoms with Crippen molar-refractivity contribution in [3.05, 3.63) is 64.7 Å². The second-order valence-electron chi connectivity index (χ2n) is 4.58. The summed E-state index contributed by atoms with van der Waals surface area (Å²) < 4.78 is 0. The van der Waals surface area contributed by atoms with Crippen LogP contribution in [0.3, 0.4) is 0 Å². The molecule has 2 aromatic rings. The summed E-state index contributed by atoms with van der Waals surface area (Å²) in [4.78, 5) is 11.8. The first-order chi connectivity index (χ1) is 9.65. The number of aryl methyl sites for hydroxylation is 1. The van der Waals surface area contributed by atoms with Gasteiger partial charge in [-0.25, -0.2) is 4.79 Å². The molecule has 4 heteroatoms. The van der Waals surface area contributed by atoms with Crippen molar-refractivity contribution < 1.29 is 4.79 Å². The van der Waals surface area contributed by atoms with E-state index in [1.54, 1.807) is 12.1 Å². The summed E-state index contributed by atoms with van der Waals surface area (Å²) in [6, 6.07) is 15.2. The smallest absolute Gasteiger partial charge is 0.319 e. The molecule has 2 aromatic carbocycles. The average Bonchev–Trinajstić information content (AvgIpc) is 2.44. The fourth-order valence-corrected chi connectivity index (χ4v) is 2.03. The molecule has 0 aliphatic rings. The molecule has 20 heavy (non-hydrogen) atoms. The lowest BCUT2D eigenvalue weighted by Gasteiger charge is -2.10. The van der Waals surface area contributed by atoms with Gasteiger partial charge >= 0.3 is 6.03 Å². The van der Waals surface area contributed by atoms with Crippen molar-refractivity contribution in [2.45, 2.75) is 13.3 Å². The number of urea groups is 1. The zero-order valence-corrected chi connectivity index (χ0v) is 12.1. The highest BCUT2D eigenvalue weighted by molar-refractivity contribution is 6.31. The zero-order valence-electron chi connectivity index (χ0n) is 11.3. The fourth-order valence-electron chi connectivity index (χ4n) is 1.86. The molecule has 2 N–H and O–H groups in total. The second-order valence-corrected chi connectivity index (χ2v) is 5.01. The van der Waals surface area contributed by atoms with Crippen LogP contribution < -0.4 is 10.6 Å². The van der Waals surface area contributed by atoms with Gasteiger partial charge in [0.05, 0.1) is 0 Å². The summed E-state index contributed by atoms with van der Waals surface area (Å²) in [7, 11) is 0. The maximum absolute atomic E-state index is 11.8. The van der Waals surface area contributed by atoms with E-state index in [-0.39, 0.29) is 6.03 Å². The number of halogens is 1. The number of anilines is 1. The van der Waals surface area contributed by atoms with Gasteiger partial charge in [-0.1, -0.05) is 48.0 Å². The molecule has 3 nitrogen and oxygen atoms in total. The maximum atomic E-state index is 11.8. The number of carbonyl (C=O) groups excluding carboxylic acids is 1. The maximum Gasteiger partial charge on any atom is 0.319 e. The third kappa shape index (κ3) is 4.28. The minimum absolute atomic E-state index is 0.216. The van der Waals surface area contributed by atoms with Gasteiger partial charge in [0.15, 0.2) is 0 Å². The quantitative estimate of drug-likeness (QED) is 0.877. The molecular formula is C16H17ClN2O. The van der Waals surface area contributed by atoms with Crippen molar-refractivity contribution in [1.29, 1.82) is 0 Å². The van der Waals surface area contributed by atoms with Gasteiger partial charge in [0, 0.05) is 17.3 Å². The Bertz CT molecular complexity index is 584. The Morgan fingerprint density at radius 1 is 1.15 bits per heavy atom. The van der Waals surface area contributed by atoms with Crippen molar-refractivity contribution in [2.75, 3.05) is 11.9 Å². The van der Waals surface area contributed by atoms with Crippen LogP contribution in [0, 0.1) is 6.92 Å². The summed E-state index contributed by atoms with van der Waals surface area (Å²) in [6.45, 7) is 2.52. The lowest BCUT2D eigenvalue weighted by molar-refractivity contribution is 0.252. The molecule has 0 bridgehead atoms. The van der Waals surface area contributed by atoms with E-state index >= 15 is 0 Å². The minimum atomic E-state index is -0.216. The number of rotatable bonds is 4. The SMILES string of the molecule is Cc1ccc(Cl)cc1NC(=O)NCCc1ccccc1. The van der Waals surface area contributed by atoms with Crippen LogP contribution in [0.2, 0.25) is 5.02 Å². The van der Waals surface area contributed by atoms with Gasteiger partial charge in [-0.05, 0) is 36.6 Å². The third-order valence-electron chi connectivity index (χ3n) is 2.99. The van der Waals surface area contributed by atoms with Crippen LogP contribution in [0.15, 0.2) is 48.5 Å². The van der Waals surface area contributed by atoms with Crippen molar-refractivity contribution in [3.8, 4) is 0 Å². The van der Waals surface area contributed by atoms with Crippen LogP contribution in [0.1, 0.15) is 11.1 Å². The summed E-state index contributed by atoms with van der Waals surface area (Å²) >= 11 is 5.91. The Hall–Kier alpha value is -2.00. The van der Waals surface area contributed by atoms with Crippen molar-refractivity contribution in [3.63, 3.8) is 0 Å². The molecule has 0 unspecified atom stereocenters. The Morgan fingerprint density at radius 3 is 2.65 bits per heavy atom. The van der Waals surface area contributed by atoms with Crippen LogP contribution in [0.25, 0.3) is 0 Å². The van der Waals surface area contributed by atoms with Crippen LogP contribution >= 0.6 is 11.6 Å². The minimum Gasteiger partial charge on any atom is -0.338 e. The molecular weight excluding hydrogens is 272 g/mol. The van der Waals surface area contributed by atoms with Crippen LogP contribution in [0.5, 0.6) is 0 Å². The number of benzene rings is 2. The summed E-state index contributed by atoms with van der Waals surface area (Å²) in [6.07, 6.45) is 0.808. The van der Waals surface area contributed by atoms with E-state index in [2.05, 4.69) is 10.6 Å². The molecule has 0 saturated heterocycles. The highest BCUT2D eigenvalue weighted by Crippen LogP contribution is 2.19. The van der Waals surface area contributed by atoms with Crippen molar-refractivity contribution >= 4 is 23.3 Å². The van der Waals surface area contributed by atoms with Crippen molar-refractivity contribution in [1.82, 2.24) is 5.32 Å². The molecule has 0 aliphatic heterocycles. The van der Waals surface area contributed by atoms with Gasteiger partial charge in [0.1, 0.15) is 0 Å². The van der Waals surface area contributed by atoms with Crippen molar-refractivity contribution in [2.24, 2.45) is 0 Å². The van der Waals surface area contributed by atoms with E-state index in [1.807, 2.05) is 43.3 Å². The number of amides is 2. The third-order valence-corrected chi connectivity index (χ3v) is 3.22. The monoisotopic (exact) mass is 288 g/mol. The first-order valence-corrected chi connectivity index (χ1v) is 6.88. The molecule has 2 amide bonds. The van der Waals surface area contributed by atoms with Crippen LogP contribution in [0.4, 0.5) is 10.5 Å². The predicted octanol–water partition coefficient (Wildman–Crippen LogP) is 4.01. The Balaban J connectivity index is 1.82. The van der Waals surface area contributed by atoms with E-state index in [1.165, 1.54) is 5.56 Å². The molecule has 0 fully saturated rings. The first-order valence-electron chi connectivity index (χ1n) is 6.50. The Kier molecular flexibility index (Phi) is 5.02. The summed E-state index contributed by atoms with van der Waals surface area (Å²) in [5, 5.41) is 6.24. The molecule has 0 atom stereocenters. The topological polar surface area (TPSA) is 41.1 Å². The predicted molar refractivity (Wildman–Crippen MR) is 83.4 cm³/mol. The largest absolute Gasteiger partial charge is 0.338 e. The summed E-state index contributed by atoms with van der Waals surface area (Å²) in [5.74, 6) is 0. The molecule has 0 heterocycles. The number of carbonyl (C=O) groups is 1. The van der Waals surface area contributed by atoms with Gasteiger partial charge in [-0.3, -0.25) is 0 Å². The lowest BCUT2D eigenvalue weighted by atomic mass is 10.1. The zero-order chi connectivity index (χ0) is 14.4. The normalized spacial score (nSPS) is 10.1. The molecule has 2 rings (SSSR count). The molecule has 0 radical (unpaired) electrons. The van der Waals surface area contributed by atoms with E-state index < -0.39 is 0 Å². The number of nitrogens with one attached hydrogen (secondary N) is 2. The van der Waals surface area contributed by atoms with Gasteiger partial charge in [0.2, 0.25) is 0 Å². The van der Waals surface area contributed by atoms with Gasteiger partial charge < -0.3 is 10.6 Å². The first kappa shape index (κ1) is 14.4. The number of hydrogen-bond donors (Lipinski definition) is 2. The molecule has 104 valence electrons. The van der Waals surface area contributed by atoms with Gasteiger partial charge in [-0.15, -0.1) is 0 Å². The second kappa shape index (κ2) is 6.96. The molecule has 0 spiro atoms. The van der Waals surface area contributed by atoms with Gasteiger partial charge in [-0.2, -0.15) is 0 Å². The van der Waals surface area contributed by atoms with E-state index in [4.69, 9.17) is 11.6 Å². The van der Waals surface area contributed by atoms with E-state index in [9.17, 15) is 4.79 Å². The van der Waals surface area contributed by atoms with Gasteiger partial charge in [0.25, 0.3) is 0 Å². The average molecular weight is 289 g/mol. The molecule has 0 aromatic heterocycles. The lowest BCUT2D eigenvalue weighted by Crippen LogP contribution is -2.30.